The molecule has 1 aliphatic heterocycles. The van der Waals surface area contributed by atoms with E-state index in [9.17, 15) is 14.0 Å². The summed E-state index contributed by atoms with van der Waals surface area (Å²) in [6.07, 6.45) is 1.73. The maximum atomic E-state index is 12.9. The highest BCUT2D eigenvalue weighted by atomic mass is 35.5. The molecular formula is C21H25ClFN3O2. The summed E-state index contributed by atoms with van der Waals surface area (Å²) in [7, 11) is 0. The van der Waals surface area contributed by atoms with E-state index in [1.54, 1.807) is 12.1 Å². The molecule has 1 fully saturated rings. The maximum Gasteiger partial charge on any atom is 0.255 e. The molecule has 0 radical (unpaired) electrons. The first-order valence-corrected chi connectivity index (χ1v) is 9.18. The molecule has 1 heterocycles. The fraction of sp³-hybridized carbons (Fsp3) is 0.333. The molecule has 0 aliphatic carbocycles. The Hall–Kier alpha value is -2.44. The summed E-state index contributed by atoms with van der Waals surface area (Å²) in [6, 6.07) is 13.1. The molecule has 3 rings (SSSR count). The van der Waals surface area contributed by atoms with Crippen LogP contribution in [0.5, 0.6) is 0 Å². The summed E-state index contributed by atoms with van der Waals surface area (Å²) < 4.78 is 12.9. The maximum absolute atomic E-state index is 12.9. The number of rotatable bonds is 5. The van der Waals surface area contributed by atoms with E-state index in [4.69, 9.17) is 0 Å². The molecular weight excluding hydrogens is 381 g/mol. The van der Waals surface area contributed by atoms with Crippen molar-refractivity contribution in [1.82, 2.24) is 10.6 Å². The second kappa shape index (κ2) is 10.2. The summed E-state index contributed by atoms with van der Waals surface area (Å²) in [5, 5.41) is 9.11. The lowest BCUT2D eigenvalue weighted by Crippen LogP contribution is -2.42. The molecule has 2 aromatic rings. The van der Waals surface area contributed by atoms with E-state index in [1.807, 2.05) is 12.1 Å². The Kier molecular flexibility index (Phi) is 7.96. The summed E-state index contributed by atoms with van der Waals surface area (Å²) >= 11 is 0. The number of hydrogen-bond acceptors (Lipinski definition) is 3. The Balaban J connectivity index is 0.00000280. The zero-order valence-corrected chi connectivity index (χ0v) is 16.5. The van der Waals surface area contributed by atoms with Crippen LogP contribution >= 0.6 is 12.4 Å². The monoisotopic (exact) mass is 405 g/mol. The van der Waals surface area contributed by atoms with Gasteiger partial charge in [0.25, 0.3) is 5.91 Å². The molecule has 2 amide bonds. The minimum Gasteiger partial charge on any atom is -0.352 e. The van der Waals surface area contributed by atoms with E-state index in [-0.39, 0.29) is 36.0 Å². The summed E-state index contributed by atoms with van der Waals surface area (Å²) in [5.41, 5.74) is 2.00. The van der Waals surface area contributed by atoms with Gasteiger partial charge in [-0.2, -0.15) is 0 Å². The van der Waals surface area contributed by atoms with Gasteiger partial charge in [-0.05, 0) is 68.3 Å². The van der Waals surface area contributed by atoms with Crippen molar-refractivity contribution in [2.75, 3.05) is 11.9 Å². The highest BCUT2D eigenvalue weighted by molar-refractivity contribution is 6.04. The van der Waals surface area contributed by atoms with E-state index in [2.05, 4.69) is 22.9 Å². The van der Waals surface area contributed by atoms with Gasteiger partial charge in [-0.15, -0.1) is 12.4 Å². The molecule has 0 bridgehead atoms. The molecule has 7 heteroatoms. The van der Waals surface area contributed by atoms with Crippen molar-refractivity contribution >= 4 is 29.9 Å². The molecule has 5 nitrogen and oxygen atoms in total. The Labute approximate surface area is 170 Å². The van der Waals surface area contributed by atoms with Gasteiger partial charge in [-0.25, -0.2) is 4.39 Å². The van der Waals surface area contributed by atoms with Crippen molar-refractivity contribution in [3.8, 4) is 0 Å². The molecule has 150 valence electrons. The Morgan fingerprint density at radius 2 is 1.79 bits per heavy atom. The second-order valence-corrected chi connectivity index (χ2v) is 6.95. The number of halogens is 2. The standard InChI is InChI=1S/C21H24FN3O2.ClH/c1-14-12-17(10-11-23-14)20(26)24-13-15-2-8-19(9-3-15)25-21(27)16-4-6-18(22)7-5-16;/h2-9,14,17,23H,10-13H2,1H3,(H,24,26)(H,25,27);1H/t14-,17-;/m0./s1. The molecule has 0 aromatic heterocycles. The second-order valence-electron chi connectivity index (χ2n) is 6.95. The molecule has 1 aliphatic rings. The van der Waals surface area contributed by atoms with Crippen LogP contribution in [0.1, 0.15) is 35.7 Å². The van der Waals surface area contributed by atoms with Crippen molar-refractivity contribution < 1.29 is 14.0 Å². The van der Waals surface area contributed by atoms with E-state index < -0.39 is 0 Å². The summed E-state index contributed by atoms with van der Waals surface area (Å²) in [6.45, 7) is 3.43. The molecule has 0 spiro atoms. The van der Waals surface area contributed by atoms with Gasteiger partial charge in [-0.3, -0.25) is 9.59 Å². The number of hydrogen-bond donors (Lipinski definition) is 3. The Morgan fingerprint density at radius 1 is 1.11 bits per heavy atom. The average molecular weight is 406 g/mol. The zero-order valence-electron chi connectivity index (χ0n) is 15.7. The first kappa shape index (κ1) is 21.9. The molecule has 2 aromatic carbocycles. The van der Waals surface area contributed by atoms with Gasteiger partial charge in [0, 0.05) is 29.8 Å². The fourth-order valence-electron chi connectivity index (χ4n) is 3.21. The van der Waals surface area contributed by atoms with Gasteiger partial charge in [0.1, 0.15) is 5.82 Å². The van der Waals surface area contributed by atoms with Crippen LogP contribution in [0.2, 0.25) is 0 Å². The number of carbonyl (C=O) groups excluding carboxylic acids is 2. The molecule has 3 N–H and O–H groups in total. The van der Waals surface area contributed by atoms with Crippen LogP contribution < -0.4 is 16.0 Å². The van der Waals surface area contributed by atoms with Crippen molar-refractivity contribution in [2.45, 2.75) is 32.4 Å². The van der Waals surface area contributed by atoms with E-state index in [0.29, 0.717) is 23.8 Å². The predicted octanol–water partition coefficient (Wildman–Crippen LogP) is 3.50. The Bertz CT molecular complexity index is 796. The normalized spacial score (nSPS) is 18.6. The van der Waals surface area contributed by atoms with Crippen LogP contribution in [0, 0.1) is 11.7 Å². The van der Waals surface area contributed by atoms with Gasteiger partial charge in [0.15, 0.2) is 0 Å². The van der Waals surface area contributed by atoms with Crippen LogP contribution in [0.25, 0.3) is 0 Å². The van der Waals surface area contributed by atoms with Crippen LogP contribution in [0.15, 0.2) is 48.5 Å². The lowest BCUT2D eigenvalue weighted by atomic mass is 9.92. The first-order valence-electron chi connectivity index (χ1n) is 9.18. The summed E-state index contributed by atoms with van der Waals surface area (Å²) in [5.74, 6) is -0.513. The third-order valence-electron chi connectivity index (χ3n) is 4.78. The van der Waals surface area contributed by atoms with Crippen molar-refractivity contribution in [3.05, 3.63) is 65.5 Å². The average Bonchev–Trinajstić information content (AvgIpc) is 2.67. The predicted molar refractivity (Wildman–Crippen MR) is 110 cm³/mol. The molecule has 0 saturated carbocycles. The number of anilines is 1. The zero-order chi connectivity index (χ0) is 19.2. The van der Waals surface area contributed by atoms with Gasteiger partial charge < -0.3 is 16.0 Å². The van der Waals surface area contributed by atoms with Gasteiger partial charge in [0.05, 0.1) is 0 Å². The first-order chi connectivity index (χ1) is 13.0. The van der Waals surface area contributed by atoms with Crippen molar-refractivity contribution in [3.63, 3.8) is 0 Å². The SMILES string of the molecule is C[C@H]1C[C@@H](C(=O)NCc2ccc(NC(=O)c3ccc(F)cc3)cc2)CCN1.Cl. The van der Waals surface area contributed by atoms with E-state index in [0.717, 1.165) is 24.9 Å². The van der Waals surface area contributed by atoms with Crippen molar-refractivity contribution in [2.24, 2.45) is 5.92 Å². The number of benzene rings is 2. The summed E-state index contributed by atoms with van der Waals surface area (Å²) in [4.78, 5) is 24.4. The molecule has 1 saturated heterocycles. The van der Waals surface area contributed by atoms with Gasteiger partial charge in [-0.1, -0.05) is 12.1 Å². The smallest absolute Gasteiger partial charge is 0.255 e. The van der Waals surface area contributed by atoms with Crippen LogP contribution in [-0.4, -0.2) is 24.4 Å². The number of carbonyl (C=O) groups is 2. The number of nitrogens with one attached hydrogen (secondary N) is 3. The van der Waals surface area contributed by atoms with E-state index >= 15 is 0 Å². The largest absolute Gasteiger partial charge is 0.352 e. The van der Waals surface area contributed by atoms with Gasteiger partial charge in [0.2, 0.25) is 5.91 Å². The third kappa shape index (κ3) is 6.04. The quantitative estimate of drug-likeness (QED) is 0.713. The van der Waals surface area contributed by atoms with E-state index in [1.165, 1.54) is 24.3 Å². The van der Waals surface area contributed by atoms with Crippen LogP contribution in [-0.2, 0) is 11.3 Å². The topological polar surface area (TPSA) is 70.2 Å². The lowest BCUT2D eigenvalue weighted by molar-refractivity contribution is -0.126. The van der Waals surface area contributed by atoms with Gasteiger partial charge >= 0.3 is 0 Å². The van der Waals surface area contributed by atoms with Crippen LogP contribution in [0.3, 0.4) is 0 Å². The molecule has 2 atom stereocenters. The highest BCUT2D eigenvalue weighted by Gasteiger charge is 2.24. The molecule has 28 heavy (non-hydrogen) atoms. The Morgan fingerprint density at radius 3 is 2.43 bits per heavy atom. The lowest BCUT2D eigenvalue weighted by Gasteiger charge is -2.27. The third-order valence-corrected chi connectivity index (χ3v) is 4.78. The fourth-order valence-corrected chi connectivity index (χ4v) is 3.21. The van der Waals surface area contributed by atoms with Crippen molar-refractivity contribution in [1.29, 1.82) is 0 Å². The minimum atomic E-state index is -0.378. The van der Waals surface area contributed by atoms with Crippen LogP contribution in [0.4, 0.5) is 10.1 Å². The number of amides is 2. The number of piperidine rings is 1. The minimum absolute atomic E-state index is 0. The highest BCUT2D eigenvalue weighted by Crippen LogP contribution is 2.17. The molecule has 0 unspecified atom stereocenters.